The summed E-state index contributed by atoms with van der Waals surface area (Å²) in [5, 5.41) is 1.15. The number of likely N-dealkylation sites (tertiary alicyclic amines) is 1. The summed E-state index contributed by atoms with van der Waals surface area (Å²) in [6.45, 7) is 8.00. The SMILES string of the molecule is Cc1cc(C)cc(CN2CCCC(CBr)C2)c1. The van der Waals surface area contributed by atoms with Crippen LogP contribution in [0.25, 0.3) is 0 Å². The molecular formula is C15H22BrN. The maximum absolute atomic E-state index is 3.62. The fraction of sp³-hybridized carbons (Fsp3) is 0.600. The Kier molecular flexibility index (Phi) is 4.63. The third-order valence-corrected chi connectivity index (χ3v) is 4.42. The fourth-order valence-electron chi connectivity index (χ4n) is 2.84. The molecule has 2 rings (SSSR count). The summed E-state index contributed by atoms with van der Waals surface area (Å²) in [4.78, 5) is 2.60. The van der Waals surface area contributed by atoms with Gasteiger partial charge in [-0.2, -0.15) is 0 Å². The highest BCUT2D eigenvalue weighted by Crippen LogP contribution is 2.20. The molecule has 1 aliphatic heterocycles. The van der Waals surface area contributed by atoms with Crippen LogP contribution in [0.1, 0.15) is 29.5 Å². The van der Waals surface area contributed by atoms with Crippen molar-refractivity contribution in [3.05, 3.63) is 34.9 Å². The molecule has 1 fully saturated rings. The van der Waals surface area contributed by atoms with Crippen molar-refractivity contribution in [2.24, 2.45) is 5.92 Å². The van der Waals surface area contributed by atoms with E-state index in [1.807, 2.05) is 0 Å². The van der Waals surface area contributed by atoms with Crippen molar-refractivity contribution in [3.63, 3.8) is 0 Å². The Morgan fingerprint density at radius 2 is 1.94 bits per heavy atom. The maximum atomic E-state index is 3.62. The summed E-state index contributed by atoms with van der Waals surface area (Å²) in [6, 6.07) is 6.90. The number of benzene rings is 1. The van der Waals surface area contributed by atoms with E-state index >= 15 is 0 Å². The standard InChI is InChI=1S/C15H22BrN/c1-12-6-13(2)8-15(7-12)11-17-5-3-4-14(9-16)10-17/h6-8,14H,3-5,9-11H2,1-2H3. The molecule has 0 amide bonds. The van der Waals surface area contributed by atoms with Crippen molar-refractivity contribution in [2.45, 2.75) is 33.2 Å². The topological polar surface area (TPSA) is 3.24 Å². The Labute approximate surface area is 113 Å². The van der Waals surface area contributed by atoms with Crippen molar-refractivity contribution in [1.82, 2.24) is 4.90 Å². The van der Waals surface area contributed by atoms with Crippen LogP contribution in [-0.4, -0.2) is 23.3 Å². The highest BCUT2D eigenvalue weighted by Gasteiger charge is 2.18. The van der Waals surface area contributed by atoms with Crippen LogP contribution in [0.15, 0.2) is 18.2 Å². The van der Waals surface area contributed by atoms with Gasteiger partial charge in [0.15, 0.2) is 0 Å². The van der Waals surface area contributed by atoms with Crippen molar-refractivity contribution in [3.8, 4) is 0 Å². The van der Waals surface area contributed by atoms with Crippen molar-refractivity contribution in [2.75, 3.05) is 18.4 Å². The lowest BCUT2D eigenvalue weighted by atomic mass is 9.99. The van der Waals surface area contributed by atoms with Gasteiger partial charge >= 0.3 is 0 Å². The molecule has 0 N–H and O–H groups in total. The lowest BCUT2D eigenvalue weighted by Gasteiger charge is -2.32. The average Bonchev–Trinajstić information content (AvgIpc) is 2.28. The number of alkyl halides is 1. The first-order valence-electron chi connectivity index (χ1n) is 6.53. The van der Waals surface area contributed by atoms with Crippen LogP contribution < -0.4 is 0 Å². The molecule has 1 aromatic carbocycles. The molecular weight excluding hydrogens is 274 g/mol. The van der Waals surface area contributed by atoms with Crippen molar-refractivity contribution in [1.29, 1.82) is 0 Å². The predicted molar refractivity (Wildman–Crippen MR) is 77.7 cm³/mol. The van der Waals surface area contributed by atoms with Gasteiger partial charge in [-0.15, -0.1) is 0 Å². The minimum Gasteiger partial charge on any atom is -0.299 e. The Bertz CT molecular complexity index is 355. The molecule has 17 heavy (non-hydrogen) atoms. The van der Waals surface area contributed by atoms with Crippen LogP contribution in [-0.2, 0) is 6.54 Å². The van der Waals surface area contributed by atoms with Gasteiger partial charge in [0.2, 0.25) is 0 Å². The molecule has 94 valence electrons. The zero-order chi connectivity index (χ0) is 12.3. The number of hydrogen-bond acceptors (Lipinski definition) is 1. The molecule has 0 bridgehead atoms. The molecule has 1 atom stereocenters. The van der Waals surface area contributed by atoms with Crippen molar-refractivity contribution >= 4 is 15.9 Å². The Morgan fingerprint density at radius 3 is 2.59 bits per heavy atom. The number of nitrogens with zero attached hydrogens (tertiary/aromatic N) is 1. The zero-order valence-corrected chi connectivity index (χ0v) is 12.5. The number of rotatable bonds is 3. The van der Waals surface area contributed by atoms with Crippen LogP contribution in [0.4, 0.5) is 0 Å². The van der Waals surface area contributed by atoms with Crippen molar-refractivity contribution < 1.29 is 0 Å². The second-order valence-electron chi connectivity index (χ2n) is 5.39. The van der Waals surface area contributed by atoms with E-state index in [0.717, 1.165) is 17.8 Å². The molecule has 0 radical (unpaired) electrons. The minimum atomic E-state index is 0.842. The van der Waals surface area contributed by atoms with E-state index < -0.39 is 0 Å². The quantitative estimate of drug-likeness (QED) is 0.764. The number of aryl methyl sites for hydroxylation is 2. The second-order valence-corrected chi connectivity index (χ2v) is 6.04. The summed E-state index contributed by atoms with van der Waals surface area (Å²) in [5.74, 6) is 0.842. The smallest absolute Gasteiger partial charge is 0.0234 e. The van der Waals surface area contributed by atoms with E-state index in [-0.39, 0.29) is 0 Å². The second kappa shape index (κ2) is 6.01. The number of piperidine rings is 1. The van der Waals surface area contributed by atoms with Gasteiger partial charge in [-0.3, -0.25) is 4.90 Å². The first kappa shape index (κ1) is 13.1. The van der Waals surface area contributed by atoms with Crippen LogP contribution in [0.2, 0.25) is 0 Å². The summed E-state index contributed by atoms with van der Waals surface area (Å²) in [5.41, 5.74) is 4.24. The fourth-order valence-corrected chi connectivity index (χ4v) is 3.37. The van der Waals surface area contributed by atoms with Gasteiger partial charge < -0.3 is 0 Å². The lowest BCUT2D eigenvalue weighted by Crippen LogP contribution is -2.35. The van der Waals surface area contributed by atoms with E-state index in [9.17, 15) is 0 Å². The van der Waals surface area contributed by atoms with Crippen LogP contribution in [0.3, 0.4) is 0 Å². The minimum absolute atomic E-state index is 0.842. The molecule has 1 unspecified atom stereocenters. The monoisotopic (exact) mass is 295 g/mol. The van der Waals surface area contributed by atoms with Crippen LogP contribution >= 0.6 is 15.9 Å². The number of hydrogen-bond donors (Lipinski definition) is 0. The summed E-state index contributed by atoms with van der Waals surface area (Å²) in [7, 11) is 0. The number of halogens is 1. The van der Waals surface area contributed by atoms with E-state index in [0.29, 0.717) is 0 Å². The highest BCUT2D eigenvalue weighted by molar-refractivity contribution is 9.09. The molecule has 0 aromatic heterocycles. The predicted octanol–water partition coefficient (Wildman–Crippen LogP) is 3.91. The van der Waals surface area contributed by atoms with E-state index in [1.54, 1.807) is 0 Å². The van der Waals surface area contributed by atoms with E-state index in [2.05, 4.69) is 52.9 Å². The third kappa shape index (κ3) is 3.82. The summed E-state index contributed by atoms with van der Waals surface area (Å²) < 4.78 is 0. The first-order valence-corrected chi connectivity index (χ1v) is 7.65. The van der Waals surface area contributed by atoms with Crippen LogP contribution in [0.5, 0.6) is 0 Å². The molecule has 0 aliphatic carbocycles. The van der Waals surface area contributed by atoms with Gasteiger partial charge in [0.25, 0.3) is 0 Å². The molecule has 1 nitrogen and oxygen atoms in total. The van der Waals surface area contributed by atoms with Crippen LogP contribution in [0, 0.1) is 19.8 Å². The summed E-state index contributed by atoms with van der Waals surface area (Å²) in [6.07, 6.45) is 2.73. The third-order valence-electron chi connectivity index (χ3n) is 3.51. The molecule has 1 aliphatic rings. The molecule has 0 spiro atoms. The molecule has 1 aromatic rings. The Hall–Kier alpha value is -0.340. The normalized spacial score (nSPS) is 21.7. The molecule has 1 heterocycles. The van der Waals surface area contributed by atoms with Gasteiger partial charge in [0, 0.05) is 18.4 Å². The Balaban J connectivity index is 2.00. The zero-order valence-electron chi connectivity index (χ0n) is 10.9. The first-order chi connectivity index (χ1) is 8.17. The van der Waals surface area contributed by atoms with E-state index in [1.165, 1.54) is 42.6 Å². The maximum Gasteiger partial charge on any atom is 0.0234 e. The lowest BCUT2D eigenvalue weighted by molar-refractivity contribution is 0.179. The molecule has 2 heteroatoms. The van der Waals surface area contributed by atoms with E-state index in [4.69, 9.17) is 0 Å². The van der Waals surface area contributed by atoms with Gasteiger partial charge in [-0.1, -0.05) is 45.3 Å². The summed E-state index contributed by atoms with van der Waals surface area (Å²) >= 11 is 3.62. The van der Waals surface area contributed by atoms with Gasteiger partial charge in [-0.05, 0) is 44.7 Å². The molecule has 0 saturated carbocycles. The van der Waals surface area contributed by atoms with Gasteiger partial charge in [0.05, 0.1) is 0 Å². The largest absolute Gasteiger partial charge is 0.299 e. The Morgan fingerprint density at radius 1 is 1.24 bits per heavy atom. The van der Waals surface area contributed by atoms with Gasteiger partial charge in [0.1, 0.15) is 0 Å². The van der Waals surface area contributed by atoms with Gasteiger partial charge in [-0.25, -0.2) is 0 Å². The average molecular weight is 296 g/mol. The highest BCUT2D eigenvalue weighted by atomic mass is 79.9. The molecule has 1 saturated heterocycles.